The van der Waals surface area contributed by atoms with Crippen molar-refractivity contribution in [2.24, 2.45) is 0 Å². The molecule has 0 saturated heterocycles. The lowest BCUT2D eigenvalue weighted by Crippen LogP contribution is -2.07. The molecule has 0 aliphatic rings. The van der Waals surface area contributed by atoms with E-state index in [1.54, 1.807) is 12.1 Å². The highest BCUT2D eigenvalue weighted by atomic mass is 19.4. The first-order chi connectivity index (χ1) is 15.8. The van der Waals surface area contributed by atoms with Gasteiger partial charge in [-0.05, 0) is 29.3 Å². The summed E-state index contributed by atoms with van der Waals surface area (Å²) in [6.45, 7) is 0. The molecule has 33 heavy (non-hydrogen) atoms. The molecule has 166 valence electrons. The summed E-state index contributed by atoms with van der Waals surface area (Å²) in [5.74, 6) is -0.199. The summed E-state index contributed by atoms with van der Waals surface area (Å²) in [5, 5.41) is 11.5. The van der Waals surface area contributed by atoms with Crippen LogP contribution >= 0.6 is 0 Å². The second-order valence-electron chi connectivity index (χ2n) is 7.33. The average Bonchev–Trinajstić information content (AvgIpc) is 2.81. The Balaban J connectivity index is 1.82. The van der Waals surface area contributed by atoms with Gasteiger partial charge in [0.1, 0.15) is 5.75 Å². The lowest BCUT2D eigenvalue weighted by Gasteiger charge is -2.22. The Morgan fingerprint density at radius 3 is 1.82 bits per heavy atom. The minimum atomic E-state index is -4.70. The summed E-state index contributed by atoms with van der Waals surface area (Å²) >= 11 is 0. The second kappa shape index (κ2) is 9.16. The van der Waals surface area contributed by atoms with Gasteiger partial charge in [-0.25, -0.2) is 0 Å². The van der Waals surface area contributed by atoms with Gasteiger partial charge in [0.05, 0.1) is 10.5 Å². The van der Waals surface area contributed by atoms with Gasteiger partial charge < -0.3 is 4.74 Å². The molecule has 0 bridgehead atoms. The van der Waals surface area contributed by atoms with E-state index in [9.17, 15) is 23.3 Å². The lowest BCUT2D eigenvalue weighted by molar-refractivity contribution is -0.385. The number of hydrogen-bond acceptors (Lipinski definition) is 3. The van der Waals surface area contributed by atoms with Crippen LogP contribution < -0.4 is 4.74 Å². The smallest absolute Gasteiger partial charge is 0.416 e. The van der Waals surface area contributed by atoms with Gasteiger partial charge in [0.15, 0.2) is 0 Å². The van der Waals surface area contributed by atoms with Crippen molar-refractivity contribution in [2.75, 3.05) is 0 Å². The highest BCUT2D eigenvalue weighted by molar-refractivity contribution is 5.54. The van der Waals surface area contributed by atoms with Crippen molar-refractivity contribution in [2.45, 2.75) is 12.1 Å². The normalized spacial score (nSPS) is 11.4. The predicted octanol–water partition coefficient (Wildman–Crippen LogP) is 7.59. The molecule has 0 amide bonds. The maximum atomic E-state index is 13.1. The van der Waals surface area contributed by atoms with Crippen molar-refractivity contribution in [3.05, 3.63) is 135 Å². The molecule has 0 heterocycles. The van der Waals surface area contributed by atoms with Gasteiger partial charge in [-0.2, -0.15) is 13.2 Å². The molecule has 0 spiro atoms. The average molecular weight is 449 g/mol. The summed E-state index contributed by atoms with van der Waals surface area (Å²) in [5.41, 5.74) is 0.810. The zero-order valence-electron chi connectivity index (χ0n) is 17.2. The molecule has 4 nitrogen and oxygen atoms in total. The summed E-state index contributed by atoms with van der Waals surface area (Å²) in [6.07, 6.45) is -4.70. The molecular weight excluding hydrogens is 431 g/mol. The Morgan fingerprint density at radius 1 is 0.727 bits per heavy atom. The minimum absolute atomic E-state index is 0.253. The Morgan fingerprint density at radius 2 is 1.27 bits per heavy atom. The van der Waals surface area contributed by atoms with Gasteiger partial charge in [-0.3, -0.25) is 10.1 Å². The number of ether oxygens (including phenoxy) is 1. The molecule has 7 heteroatoms. The van der Waals surface area contributed by atoms with Crippen molar-refractivity contribution in [1.82, 2.24) is 0 Å². The molecule has 0 N–H and O–H groups in total. The van der Waals surface area contributed by atoms with Crippen LogP contribution in [0.4, 0.5) is 18.9 Å². The molecule has 0 radical (unpaired) electrons. The van der Waals surface area contributed by atoms with E-state index >= 15 is 0 Å². The molecule has 0 saturated carbocycles. The molecule has 4 aromatic carbocycles. The van der Waals surface area contributed by atoms with Crippen LogP contribution in [0.5, 0.6) is 11.5 Å². The van der Waals surface area contributed by atoms with E-state index in [2.05, 4.69) is 0 Å². The van der Waals surface area contributed by atoms with E-state index < -0.39 is 22.4 Å². The number of para-hydroxylation sites is 1. The van der Waals surface area contributed by atoms with Crippen molar-refractivity contribution in [3.63, 3.8) is 0 Å². The highest BCUT2D eigenvalue weighted by Crippen LogP contribution is 2.42. The zero-order chi connectivity index (χ0) is 23.4. The third-order valence-corrected chi connectivity index (χ3v) is 5.20. The Labute approximate surface area is 188 Å². The number of nitrogens with zero attached hydrogens (tertiary/aromatic N) is 1. The van der Waals surface area contributed by atoms with Crippen LogP contribution in [0, 0.1) is 10.1 Å². The monoisotopic (exact) mass is 449 g/mol. The number of benzene rings is 4. The predicted molar refractivity (Wildman–Crippen MR) is 118 cm³/mol. The standard InChI is InChI=1S/C26H18F3NO3/c27-26(28,29)20-15-16-24(22(17-20)30(31)32)33-23-14-8-7-13-21(23)25(18-9-3-1-4-10-18)19-11-5-2-6-12-19/h1-17,25H. The summed E-state index contributed by atoms with van der Waals surface area (Å²) in [6, 6.07) is 28.6. The van der Waals surface area contributed by atoms with Crippen molar-refractivity contribution < 1.29 is 22.8 Å². The zero-order valence-corrected chi connectivity index (χ0v) is 17.2. The second-order valence-corrected chi connectivity index (χ2v) is 7.33. The van der Waals surface area contributed by atoms with Gasteiger partial charge in [0, 0.05) is 17.5 Å². The van der Waals surface area contributed by atoms with E-state index in [0.717, 1.165) is 28.8 Å². The van der Waals surface area contributed by atoms with Gasteiger partial charge >= 0.3 is 11.9 Å². The number of nitro groups is 1. The molecular formula is C26H18F3NO3. The SMILES string of the molecule is O=[N+]([O-])c1cc(C(F)(F)F)ccc1Oc1ccccc1C(c1ccccc1)c1ccccc1. The van der Waals surface area contributed by atoms with E-state index in [4.69, 9.17) is 4.74 Å². The number of hydrogen-bond donors (Lipinski definition) is 0. The third kappa shape index (κ3) is 4.87. The Bertz CT molecular complexity index is 1220. The maximum Gasteiger partial charge on any atom is 0.416 e. The van der Waals surface area contributed by atoms with Crippen molar-refractivity contribution >= 4 is 5.69 Å². The summed E-state index contributed by atoms with van der Waals surface area (Å²) < 4.78 is 45.1. The summed E-state index contributed by atoms with van der Waals surface area (Å²) in [7, 11) is 0. The quantitative estimate of drug-likeness (QED) is 0.173. The molecule has 0 aliphatic carbocycles. The van der Waals surface area contributed by atoms with Gasteiger partial charge in [-0.15, -0.1) is 0 Å². The first-order valence-electron chi connectivity index (χ1n) is 10.1. The third-order valence-electron chi connectivity index (χ3n) is 5.20. The topological polar surface area (TPSA) is 52.4 Å². The Hall–Kier alpha value is -4.13. The number of halogens is 3. The molecule has 0 atom stereocenters. The summed E-state index contributed by atoms with van der Waals surface area (Å²) in [4.78, 5) is 10.6. The fourth-order valence-corrected chi connectivity index (χ4v) is 3.70. The van der Waals surface area contributed by atoms with Gasteiger partial charge in [-0.1, -0.05) is 78.9 Å². The fraction of sp³-hybridized carbons (Fsp3) is 0.0769. The van der Waals surface area contributed by atoms with Crippen molar-refractivity contribution in [3.8, 4) is 11.5 Å². The van der Waals surface area contributed by atoms with Crippen molar-refractivity contribution in [1.29, 1.82) is 0 Å². The highest BCUT2D eigenvalue weighted by Gasteiger charge is 2.33. The number of rotatable bonds is 6. The first-order valence-corrected chi connectivity index (χ1v) is 10.1. The Kier molecular flexibility index (Phi) is 6.13. The van der Waals surface area contributed by atoms with Crippen LogP contribution in [0.15, 0.2) is 103 Å². The van der Waals surface area contributed by atoms with E-state index in [1.807, 2.05) is 72.8 Å². The van der Waals surface area contributed by atoms with Crippen LogP contribution in [-0.2, 0) is 6.18 Å². The van der Waals surface area contributed by atoms with Crippen LogP contribution in [0.3, 0.4) is 0 Å². The lowest BCUT2D eigenvalue weighted by atomic mass is 9.85. The van der Waals surface area contributed by atoms with E-state index in [0.29, 0.717) is 11.8 Å². The largest absolute Gasteiger partial charge is 0.450 e. The van der Waals surface area contributed by atoms with Crippen LogP contribution in [0.2, 0.25) is 0 Å². The van der Waals surface area contributed by atoms with E-state index in [1.165, 1.54) is 0 Å². The minimum Gasteiger partial charge on any atom is -0.450 e. The number of nitro benzene ring substituents is 1. The molecule has 0 aromatic heterocycles. The van der Waals surface area contributed by atoms with Crippen LogP contribution in [-0.4, -0.2) is 4.92 Å². The first kappa shape index (κ1) is 22.1. The molecule has 4 rings (SSSR count). The van der Waals surface area contributed by atoms with Crippen LogP contribution in [0.25, 0.3) is 0 Å². The van der Waals surface area contributed by atoms with Gasteiger partial charge in [0.2, 0.25) is 5.75 Å². The molecule has 0 fully saturated rings. The molecule has 0 unspecified atom stereocenters. The molecule has 4 aromatic rings. The van der Waals surface area contributed by atoms with Gasteiger partial charge in [0.25, 0.3) is 0 Å². The van der Waals surface area contributed by atoms with E-state index in [-0.39, 0.29) is 11.7 Å². The fourth-order valence-electron chi connectivity index (χ4n) is 3.70. The van der Waals surface area contributed by atoms with Crippen LogP contribution in [0.1, 0.15) is 28.2 Å². The number of alkyl halides is 3. The maximum absolute atomic E-state index is 13.1. The molecule has 0 aliphatic heterocycles.